The topological polar surface area (TPSA) is 77.1 Å². The maximum absolute atomic E-state index is 12.2. The van der Waals surface area contributed by atoms with Gasteiger partial charge in [-0.15, -0.1) is 0 Å². The Morgan fingerprint density at radius 1 is 1.33 bits per heavy atom. The first-order chi connectivity index (χ1) is 11.5. The van der Waals surface area contributed by atoms with E-state index in [1.807, 2.05) is 30.3 Å². The van der Waals surface area contributed by atoms with Crippen LogP contribution in [-0.2, 0) is 20.8 Å². The van der Waals surface area contributed by atoms with Crippen molar-refractivity contribution in [2.45, 2.75) is 24.0 Å². The van der Waals surface area contributed by atoms with Crippen LogP contribution < -0.4 is 5.32 Å². The average Bonchev–Trinajstić information content (AvgIpc) is 3.06. The molecule has 2 unspecified atom stereocenters. The molecule has 0 bridgehead atoms. The summed E-state index contributed by atoms with van der Waals surface area (Å²) in [6.07, 6.45) is -0.491. The molecule has 1 aromatic carbocycles. The van der Waals surface area contributed by atoms with E-state index in [-0.39, 0.29) is 13.2 Å². The Kier molecular flexibility index (Phi) is 6.33. The number of ether oxygens (including phenoxy) is 3. The highest BCUT2D eigenvalue weighted by molar-refractivity contribution is 7.81. The molecule has 2 atom stereocenters. The number of rotatable bonds is 5. The van der Waals surface area contributed by atoms with Crippen molar-refractivity contribution in [2.75, 3.05) is 27.3 Å². The maximum atomic E-state index is 12.2. The largest absolute Gasteiger partial charge is 0.453 e. The number of likely N-dealkylation sites (tertiary alicyclic amines) is 1. The summed E-state index contributed by atoms with van der Waals surface area (Å²) in [4.78, 5) is 25.2. The van der Waals surface area contributed by atoms with Gasteiger partial charge in [0, 0.05) is 13.7 Å². The molecule has 0 aliphatic carbocycles. The molecule has 1 heterocycles. The molecule has 8 heteroatoms. The first-order valence-corrected chi connectivity index (χ1v) is 8.06. The summed E-state index contributed by atoms with van der Waals surface area (Å²) in [6.45, 7) is 0.942. The highest BCUT2D eigenvalue weighted by Gasteiger charge is 2.46. The van der Waals surface area contributed by atoms with Crippen LogP contribution in [0.25, 0.3) is 0 Å². The molecule has 132 valence electrons. The summed E-state index contributed by atoms with van der Waals surface area (Å²) in [5, 5.41) is 1.97. The lowest BCUT2D eigenvalue weighted by atomic mass is 10.0. The summed E-state index contributed by atoms with van der Waals surface area (Å²) in [5.41, 5.74) is 0.130. The molecule has 1 aromatic rings. The van der Waals surface area contributed by atoms with E-state index < -0.39 is 23.2 Å². The number of hydrogen-bond donors (Lipinski definition) is 2. The molecule has 7 nitrogen and oxygen atoms in total. The fourth-order valence-corrected chi connectivity index (χ4v) is 3.00. The lowest BCUT2D eigenvalue weighted by Crippen LogP contribution is -2.52. The molecule has 1 N–H and O–H groups in total. The third-order valence-corrected chi connectivity index (χ3v) is 4.67. The quantitative estimate of drug-likeness (QED) is 0.625. The number of methoxy groups -OCH3 is 2. The van der Waals surface area contributed by atoms with Gasteiger partial charge in [0.2, 0.25) is 0 Å². The van der Waals surface area contributed by atoms with Crippen molar-refractivity contribution in [3.8, 4) is 0 Å². The van der Waals surface area contributed by atoms with Gasteiger partial charge in [-0.05, 0) is 12.0 Å². The molecule has 2 amide bonds. The molecule has 0 saturated carbocycles. The number of carbonyl (C=O) groups excluding carboxylic acids is 2. The zero-order valence-corrected chi connectivity index (χ0v) is 14.6. The molecular weight excluding hydrogens is 332 g/mol. The Morgan fingerprint density at radius 2 is 2.04 bits per heavy atom. The third kappa shape index (κ3) is 4.33. The van der Waals surface area contributed by atoms with Crippen LogP contribution in [0.4, 0.5) is 9.59 Å². The zero-order valence-electron chi connectivity index (χ0n) is 13.7. The molecule has 1 saturated heterocycles. The molecule has 1 aliphatic rings. The lowest BCUT2D eigenvalue weighted by Gasteiger charge is -2.33. The predicted molar refractivity (Wildman–Crippen MR) is 90.9 cm³/mol. The van der Waals surface area contributed by atoms with E-state index >= 15 is 0 Å². The predicted octanol–water partition coefficient (Wildman–Crippen LogP) is 2.03. The number of benzene rings is 1. The summed E-state index contributed by atoms with van der Waals surface area (Å²) < 4.78 is 15.5. The first-order valence-electron chi connectivity index (χ1n) is 7.54. The number of thiol groups is 1. The van der Waals surface area contributed by atoms with Crippen molar-refractivity contribution < 1.29 is 23.8 Å². The molecule has 1 aliphatic heterocycles. The first kappa shape index (κ1) is 18.4. The van der Waals surface area contributed by atoms with E-state index in [4.69, 9.17) is 9.47 Å². The van der Waals surface area contributed by atoms with Gasteiger partial charge >= 0.3 is 12.2 Å². The van der Waals surface area contributed by atoms with Gasteiger partial charge in [-0.2, -0.15) is 12.6 Å². The van der Waals surface area contributed by atoms with E-state index in [1.165, 1.54) is 14.2 Å². The lowest BCUT2D eigenvalue weighted by molar-refractivity contribution is -0.00935. The van der Waals surface area contributed by atoms with E-state index in [1.54, 1.807) is 4.90 Å². The fourth-order valence-electron chi connectivity index (χ4n) is 2.58. The Labute approximate surface area is 146 Å². The minimum Gasteiger partial charge on any atom is -0.453 e. The van der Waals surface area contributed by atoms with Gasteiger partial charge in [-0.25, -0.2) is 9.59 Å². The van der Waals surface area contributed by atoms with Crippen LogP contribution in [0.15, 0.2) is 30.3 Å². The van der Waals surface area contributed by atoms with Gasteiger partial charge in [-0.1, -0.05) is 30.3 Å². The molecule has 0 radical (unpaired) electrons. The number of nitrogens with zero attached hydrogens (tertiary/aromatic N) is 1. The monoisotopic (exact) mass is 354 g/mol. The van der Waals surface area contributed by atoms with E-state index in [0.29, 0.717) is 13.0 Å². The third-order valence-electron chi connectivity index (χ3n) is 4.07. The minimum absolute atomic E-state index is 0.209. The second kappa shape index (κ2) is 8.25. The standard InChI is InChI=1S/C16H22N2O5S/c1-21-14(19)17-13(24)16(22-2)8-9-18(11-16)15(20)23-10-12-6-4-3-5-7-12/h3-7,13,24H,8-11H2,1-2H3,(H,17,19). The van der Waals surface area contributed by atoms with Gasteiger partial charge in [0.25, 0.3) is 0 Å². The fraction of sp³-hybridized carbons (Fsp3) is 0.500. The van der Waals surface area contributed by atoms with Crippen LogP contribution >= 0.6 is 12.6 Å². The molecule has 2 rings (SSSR count). The number of alkyl carbamates (subject to hydrolysis) is 1. The Hall–Kier alpha value is -1.93. The van der Waals surface area contributed by atoms with Crippen molar-refractivity contribution in [2.24, 2.45) is 0 Å². The van der Waals surface area contributed by atoms with Crippen molar-refractivity contribution in [3.05, 3.63) is 35.9 Å². The number of amides is 2. The Morgan fingerprint density at radius 3 is 2.67 bits per heavy atom. The smallest absolute Gasteiger partial charge is 0.410 e. The minimum atomic E-state index is -0.789. The second-order valence-corrected chi connectivity index (χ2v) is 6.04. The highest BCUT2D eigenvalue weighted by atomic mass is 32.1. The summed E-state index contributed by atoms with van der Waals surface area (Å²) in [6, 6.07) is 9.46. The normalized spacial score (nSPS) is 21.2. The Balaban J connectivity index is 1.91. The van der Waals surface area contributed by atoms with Crippen LogP contribution in [0.2, 0.25) is 0 Å². The highest BCUT2D eigenvalue weighted by Crippen LogP contribution is 2.30. The second-order valence-electron chi connectivity index (χ2n) is 5.52. The van der Waals surface area contributed by atoms with Gasteiger partial charge in [0.05, 0.1) is 13.7 Å². The van der Waals surface area contributed by atoms with Crippen molar-refractivity contribution in [1.29, 1.82) is 0 Å². The zero-order chi connectivity index (χ0) is 17.6. The Bertz CT molecular complexity index is 571. The summed E-state index contributed by atoms with van der Waals surface area (Å²) >= 11 is 4.39. The van der Waals surface area contributed by atoms with E-state index in [0.717, 1.165) is 5.56 Å². The van der Waals surface area contributed by atoms with Gasteiger partial charge in [0.1, 0.15) is 17.6 Å². The number of hydrogen-bond acceptors (Lipinski definition) is 6. The molecule has 0 spiro atoms. The number of nitrogens with one attached hydrogen (secondary N) is 1. The van der Waals surface area contributed by atoms with Crippen LogP contribution in [-0.4, -0.2) is 55.4 Å². The van der Waals surface area contributed by atoms with Gasteiger partial charge in [0.15, 0.2) is 0 Å². The van der Waals surface area contributed by atoms with Crippen molar-refractivity contribution in [3.63, 3.8) is 0 Å². The molecule has 1 fully saturated rings. The molecule has 0 aromatic heterocycles. The molecular formula is C16H22N2O5S. The SMILES string of the molecule is COC(=O)NC(S)C1(OC)CCN(C(=O)OCc2ccccc2)C1. The average molecular weight is 354 g/mol. The van der Waals surface area contributed by atoms with Crippen LogP contribution in [0.5, 0.6) is 0 Å². The van der Waals surface area contributed by atoms with Crippen molar-refractivity contribution in [1.82, 2.24) is 10.2 Å². The van der Waals surface area contributed by atoms with Gasteiger partial charge < -0.3 is 24.4 Å². The summed E-state index contributed by atoms with van der Waals surface area (Å²) in [5.74, 6) is 0. The van der Waals surface area contributed by atoms with Crippen LogP contribution in [0.3, 0.4) is 0 Å². The summed E-state index contributed by atoms with van der Waals surface area (Å²) in [7, 11) is 2.80. The van der Waals surface area contributed by atoms with Crippen LogP contribution in [0, 0.1) is 0 Å². The van der Waals surface area contributed by atoms with E-state index in [2.05, 4.69) is 22.7 Å². The maximum Gasteiger partial charge on any atom is 0.410 e. The molecule has 24 heavy (non-hydrogen) atoms. The van der Waals surface area contributed by atoms with E-state index in [9.17, 15) is 9.59 Å². The van der Waals surface area contributed by atoms with Crippen LogP contribution in [0.1, 0.15) is 12.0 Å². The van der Waals surface area contributed by atoms with Gasteiger partial charge in [-0.3, -0.25) is 0 Å². The van der Waals surface area contributed by atoms with Crippen molar-refractivity contribution >= 4 is 24.8 Å². The number of carbonyl (C=O) groups is 2.